The second-order valence-corrected chi connectivity index (χ2v) is 8.88. The van der Waals surface area contributed by atoms with Gasteiger partial charge in [-0.25, -0.2) is 14.3 Å². The molecule has 0 aliphatic rings. The lowest BCUT2D eigenvalue weighted by molar-refractivity contribution is -0.137. The van der Waals surface area contributed by atoms with Crippen molar-refractivity contribution in [2.75, 3.05) is 23.0 Å². The zero-order valence-electron chi connectivity index (χ0n) is 22.0. The summed E-state index contributed by atoms with van der Waals surface area (Å²) in [6.07, 6.45) is -4.28. The number of aryl methyl sites for hydroxylation is 1. The summed E-state index contributed by atoms with van der Waals surface area (Å²) >= 11 is 0. The van der Waals surface area contributed by atoms with E-state index in [-0.39, 0.29) is 36.0 Å². The Labute approximate surface area is 224 Å². The minimum atomic E-state index is -4.55. The number of anilines is 4. The molecule has 0 spiro atoms. The number of carbonyl (C=O) groups excluding carboxylic acids is 2. The molecule has 0 radical (unpaired) electrons. The molecule has 0 saturated carbocycles. The molecule has 1 amide bonds. The largest absolute Gasteiger partial charge is 0.462 e. The molecule has 1 unspecified atom stereocenters. The third-order valence-corrected chi connectivity index (χ3v) is 5.75. The number of halogens is 3. The van der Waals surface area contributed by atoms with Gasteiger partial charge in [0.2, 0.25) is 0 Å². The van der Waals surface area contributed by atoms with Gasteiger partial charge in [-0.3, -0.25) is 5.32 Å². The predicted octanol–water partition coefficient (Wildman–Crippen LogP) is 6.52. The van der Waals surface area contributed by atoms with Crippen molar-refractivity contribution in [1.82, 2.24) is 9.78 Å². The van der Waals surface area contributed by atoms with E-state index in [0.717, 1.165) is 24.1 Å². The third kappa shape index (κ3) is 8.13. The summed E-state index contributed by atoms with van der Waals surface area (Å²) in [5.41, 5.74) is 7.11. The lowest BCUT2D eigenvalue weighted by Crippen LogP contribution is -2.27. The first-order valence-corrected chi connectivity index (χ1v) is 12.5. The Morgan fingerprint density at radius 2 is 1.82 bits per heavy atom. The van der Waals surface area contributed by atoms with Gasteiger partial charge in [0.05, 0.1) is 18.7 Å². The number of benzene rings is 2. The van der Waals surface area contributed by atoms with E-state index in [1.807, 2.05) is 38.1 Å². The first-order valence-electron chi connectivity index (χ1n) is 12.5. The molecule has 0 saturated heterocycles. The van der Waals surface area contributed by atoms with Crippen molar-refractivity contribution in [3.05, 3.63) is 65.2 Å². The number of rotatable bonds is 11. The number of hydrogen-bond acceptors (Lipinski definition) is 7. The Morgan fingerprint density at radius 1 is 1.10 bits per heavy atom. The third-order valence-electron chi connectivity index (χ3n) is 5.75. The number of nitrogens with two attached hydrogens (primary N) is 1. The summed E-state index contributed by atoms with van der Waals surface area (Å²) in [5.74, 6) is -0.465. The molecule has 3 aromatic rings. The summed E-state index contributed by atoms with van der Waals surface area (Å²) in [5, 5.41) is 9.88. The minimum absolute atomic E-state index is 0.00380. The second kappa shape index (κ2) is 13.0. The second-order valence-electron chi connectivity index (χ2n) is 8.88. The quantitative estimate of drug-likeness (QED) is 0.234. The molecule has 12 heteroatoms. The summed E-state index contributed by atoms with van der Waals surface area (Å²) in [7, 11) is 0. The summed E-state index contributed by atoms with van der Waals surface area (Å²) in [6, 6.07) is 11.7. The van der Waals surface area contributed by atoms with Crippen LogP contribution in [0.15, 0.2) is 48.5 Å². The summed E-state index contributed by atoms with van der Waals surface area (Å²) < 4.78 is 51.1. The number of esters is 1. The van der Waals surface area contributed by atoms with Crippen LogP contribution in [0, 0.1) is 6.92 Å². The van der Waals surface area contributed by atoms with E-state index in [2.05, 4.69) is 15.7 Å². The van der Waals surface area contributed by atoms with Crippen LogP contribution in [0.4, 0.5) is 41.0 Å². The molecule has 0 fully saturated rings. The topological polar surface area (TPSA) is 120 Å². The highest BCUT2D eigenvalue weighted by Crippen LogP contribution is 2.31. The fourth-order valence-corrected chi connectivity index (χ4v) is 3.76. The Morgan fingerprint density at radius 3 is 2.46 bits per heavy atom. The average molecular weight is 548 g/mol. The van der Waals surface area contributed by atoms with E-state index in [0.29, 0.717) is 18.5 Å². The van der Waals surface area contributed by atoms with Gasteiger partial charge in [-0.1, -0.05) is 37.1 Å². The molecule has 1 aromatic heterocycles. The lowest BCUT2D eigenvalue weighted by Gasteiger charge is -2.19. The maximum atomic E-state index is 13.0. The molecule has 0 bridgehead atoms. The molecule has 0 aliphatic carbocycles. The smallest absolute Gasteiger partial charge is 0.416 e. The van der Waals surface area contributed by atoms with Crippen LogP contribution < -0.4 is 16.4 Å². The zero-order chi connectivity index (χ0) is 28.6. The zero-order valence-corrected chi connectivity index (χ0v) is 22.0. The number of ether oxygens (including phenoxy) is 2. The van der Waals surface area contributed by atoms with E-state index >= 15 is 0 Å². The highest BCUT2D eigenvalue weighted by atomic mass is 19.4. The van der Waals surface area contributed by atoms with Gasteiger partial charge in [-0.05, 0) is 57.0 Å². The molecule has 3 rings (SSSR count). The molecule has 2 aromatic carbocycles. The van der Waals surface area contributed by atoms with Gasteiger partial charge < -0.3 is 20.5 Å². The van der Waals surface area contributed by atoms with Crippen LogP contribution in [0.2, 0.25) is 0 Å². The number of amides is 1. The highest BCUT2D eigenvalue weighted by molar-refractivity contribution is 6.00. The molecule has 0 aliphatic heterocycles. The molecule has 39 heavy (non-hydrogen) atoms. The van der Waals surface area contributed by atoms with Crippen molar-refractivity contribution in [1.29, 1.82) is 0 Å². The normalized spacial score (nSPS) is 12.1. The molecule has 9 nitrogen and oxygen atoms in total. The Balaban J connectivity index is 1.82. The molecule has 4 N–H and O–H groups in total. The molecular weight excluding hydrogens is 515 g/mol. The van der Waals surface area contributed by atoms with Crippen molar-refractivity contribution in [3.8, 4) is 0 Å². The number of nitrogens with one attached hydrogen (secondary N) is 2. The Kier molecular flexibility index (Phi) is 9.80. The van der Waals surface area contributed by atoms with Gasteiger partial charge in [0.25, 0.3) is 0 Å². The van der Waals surface area contributed by atoms with Crippen molar-refractivity contribution in [2.24, 2.45) is 0 Å². The van der Waals surface area contributed by atoms with Crippen LogP contribution in [-0.4, -0.2) is 34.6 Å². The van der Waals surface area contributed by atoms with Crippen LogP contribution >= 0.6 is 0 Å². The van der Waals surface area contributed by atoms with E-state index in [9.17, 15) is 22.8 Å². The Hall–Kier alpha value is -4.22. The Bertz CT molecular complexity index is 1280. The number of hydrogen-bond donors (Lipinski definition) is 3. The highest BCUT2D eigenvalue weighted by Gasteiger charge is 2.31. The van der Waals surface area contributed by atoms with E-state index < -0.39 is 29.9 Å². The van der Waals surface area contributed by atoms with Gasteiger partial charge in [-0.15, -0.1) is 0 Å². The van der Waals surface area contributed by atoms with Crippen molar-refractivity contribution < 1.29 is 32.2 Å². The maximum Gasteiger partial charge on any atom is 0.416 e. The van der Waals surface area contributed by atoms with Gasteiger partial charge in [-0.2, -0.15) is 18.3 Å². The molecule has 210 valence electrons. The first kappa shape index (κ1) is 29.3. The van der Waals surface area contributed by atoms with Crippen molar-refractivity contribution in [2.45, 2.75) is 58.9 Å². The fourth-order valence-electron chi connectivity index (χ4n) is 3.76. The number of unbranched alkanes of at least 4 members (excludes halogenated alkanes) is 1. The van der Waals surface area contributed by atoms with Crippen LogP contribution in [0.3, 0.4) is 0 Å². The van der Waals surface area contributed by atoms with Gasteiger partial charge >= 0.3 is 18.2 Å². The first-order chi connectivity index (χ1) is 18.5. The predicted molar refractivity (Wildman–Crippen MR) is 142 cm³/mol. The van der Waals surface area contributed by atoms with E-state index in [1.54, 1.807) is 6.92 Å². The lowest BCUT2D eigenvalue weighted by atomic mass is 10.1. The number of nitrogens with zero attached hydrogens (tertiary/aromatic N) is 2. The van der Waals surface area contributed by atoms with E-state index in [1.165, 1.54) is 16.8 Å². The average Bonchev–Trinajstić information content (AvgIpc) is 3.17. The maximum absolute atomic E-state index is 13.0. The van der Waals surface area contributed by atoms with Gasteiger partial charge in [0, 0.05) is 11.4 Å². The monoisotopic (exact) mass is 547 g/mol. The van der Waals surface area contributed by atoms with Crippen LogP contribution in [0.25, 0.3) is 0 Å². The van der Waals surface area contributed by atoms with Crippen LogP contribution in [-0.2, 0) is 22.2 Å². The number of carbonyl (C=O) groups is 2. The SMILES string of the molecule is CCCCC(Cn1nc(Nc2ccc(C)cc2)c(C(=O)OCC)c1N)OC(=O)Nc1cccc(C(F)(F)F)c1. The molecular formula is C27H32F3N5O4. The number of nitrogen functional groups attached to an aromatic ring is 1. The van der Waals surface area contributed by atoms with Gasteiger partial charge in [0.1, 0.15) is 17.5 Å². The minimum Gasteiger partial charge on any atom is -0.462 e. The summed E-state index contributed by atoms with van der Waals surface area (Å²) in [6.45, 7) is 5.71. The van der Waals surface area contributed by atoms with E-state index in [4.69, 9.17) is 15.2 Å². The van der Waals surface area contributed by atoms with Crippen LogP contribution in [0.5, 0.6) is 0 Å². The van der Waals surface area contributed by atoms with Crippen molar-refractivity contribution in [3.63, 3.8) is 0 Å². The standard InChI is InChI=1S/C27H32F3N5O4/c1-4-6-10-21(39-26(37)33-20-9-7-8-18(15-20)27(28,29)30)16-35-23(31)22(25(36)38-5-2)24(34-35)32-19-13-11-17(3)12-14-19/h7-9,11-15,21H,4-6,10,16,31H2,1-3H3,(H,32,34)(H,33,37). The van der Waals surface area contributed by atoms with Crippen molar-refractivity contribution >= 4 is 35.1 Å². The van der Waals surface area contributed by atoms with Crippen LogP contribution in [0.1, 0.15) is 54.6 Å². The fraction of sp³-hybridized carbons (Fsp3) is 0.370. The molecule has 1 heterocycles. The van der Waals surface area contributed by atoms with Gasteiger partial charge in [0.15, 0.2) is 5.82 Å². The number of alkyl halides is 3. The summed E-state index contributed by atoms with van der Waals surface area (Å²) in [4.78, 5) is 25.3. The number of aromatic nitrogens is 2. The molecule has 1 atom stereocenters.